The number of nitrogens with zero attached hydrogens (tertiary/aromatic N) is 6. The number of aromatic nitrogens is 2. The Morgan fingerprint density at radius 3 is 2.44 bits per heavy atom. The maximum absolute atomic E-state index is 12.9. The molecule has 0 atom stereocenters. The lowest BCUT2D eigenvalue weighted by Crippen LogP contribution is -2.52. The molecule has 2 aromatic carbocycles. The first-order valence-electron chi connectivity index (χ1n) is 17.5. The number of ether oxygens (including phenoxy) is 3. The molecule has 0 spiro atoms. The average molecular weight is 707 g/mol. The number of fused-ring (bicyclic) bond motifs is 1. The van der Waals surface area contributed by atoms with Gasteiger partial charge in [0.25, 0.3) is 0 Å². The molecule has 3 aliphatic rings. The molecule has 0 saturated carbocycles. The van der Waals surface area contributed by atoms with Crippen LogP contribution in [0.5, 0.6) is 17.2 Å². The van der Waals surface area contributed by atoms with Crippen LogP contribution in [0.1, 0.15) is 37.8 Å². The van der Waals surface area contributed by atoms with Crippen molar-refractivity contribution in [3.8, 4) is 17.2 Å². The number of likely N-dealkylation sites (N-methyl/N-ethyl adjacent to an activating group) is 1. The molecular weight excluding hydrogens is 657 g/mol. The van der Waals surface area contributed by atoms with Crippen LogP contribution in [-0.4, -0.2) is 114 Å². The summed E-state index contributed by atoms with van der Waals surface area (Å²) in [5, 5.41) is 6.72. The van der Waals surface area contributed by atoms with Crippen molar-refractivity contribution in [1.29, 1.82) is 0 Å². The maximum atomic E-state index is 12.9. The second-order valence-electron chi connectivity index (χ2n) is 13.0. The van der Waals surface area contributed by atoms with E-state index in [1.165, 1.54) is 21.8 Å². The Morgan fingerprint density at radius 2 is 1.78 bits per heavy atom. The highest BCUT2D eigenvalue weighted by atomic mass is 32.2. The van der Waals surface area contributed by atoms with Crippen LogP contribution in [0.3, 0.4) is 0 Å². The van der Waals surface area contributed by atoms with Crippen LogP contribution in [0.25, 0.3) is 6.08 Å². The van der Waals surface area contributed by atoms with Crippen molar-refractivity contribution in [3.05, 3.63) is 48.2 Å². The molecule has 2 N–H and O–H groups in total. The van der Waals surface area contributed by atoms with Crippen molar-refractivity contribution in [2.24, 2.45) is 0 Å². The van der Waals surface area contributed by atoms with Gasteiger partial charge in [0.15, 0.2) is 11.5 Å². The van der Waals surface area contributed by atoms with Crippen LogP contribution in [0.2, 0.25) is 0 Å². The molecule has 13 nitrogen and oxygen atoms in total. The van der Waals surface area contributed by atoms with Crippen LogP contribution < -0.4 is 34.0 Å². The summed E-state index contributed by atoms with van der Waals surface area (Å²) >= 11 is 0. The zero-order valence-corrected chi connectivity index (χ0v) is 30.7. The molecule has 2 saturated heterocycles. The van der Waals surface area contributed by atoms with Crippen LogP contribution in [0.15, 0.2) is 37.0 Å². The van der Waals surface area contributed by atoms with Gasteiger partial charge in [-0.15, -0.1) is 0 Å². The highest BCUT2D eigenvalue weighted by Crippen LogP contribution is 2.47. The van der Waals surface area contributed by atoms with E-state index in [-0.39, 0.29) is 6.54 Å². The van der Waals surface area contributed by atoms with E-state index in [2.05, 4.69) is 63.0 Å². The van der Waals surface area contributed by atoms with Crippen molar-refractivity contribution in [2.45, 2.75) is 39.2 Å². The quantitative estimate of drug-likeness (QED) is 0.265. The number of anilines is 6. The number of benzene rings is 2. The fraction of sp³-hybridized carbons (Fsp3) is 0.500. The predicted molar refractivity (Wildman–Crippen MR) is 201 cm³/mol. The first kappa shape index (κ1) is 35.6. The Balaban J connectivity index is 1.26. The first-order valence-corrected chi connectivity index (χ1v) is 19.3. The third kappa shape index (κ3) is 7.57. The molecular formula is C36H50N8O5S. The second-order valence-corrected chi connectivity index (χ2v) is 14.9. The topological polar surface area (TPSA) is 125 Å². The van der Waals surface area contributed by atoms with E-state index in [9.17, 15) is 8.42 Å². The van der Waals surface area contributed by atoms with E-state index in [1.54, 1.807) is 38.4 Å². The molecule has 4 heterocycles. The molecule has 0 bridgehead atoms. The van der Waals surface area contributed by atoms with Crippen molar-refractivity contribution in [1.82, 2.24) is 19.8 Å². The number of hydrogen-bond donors (Lipinski definition) is 2. The normalized spacial score (nSPS) is 17.3. The van der Waals surface area contributed by atoms with Gasteiger partial charge in [-0.1, -0.05) is 19.6 Å². The Bertz CT molecular complexity index is 1790. The second kappa shape index (κ2) is 15.3. The van der Waals surface area contributed by atoms with E-state index in [4.69, 9.17) is 19.2 Å². The molecule has 1 aromatic heterocycles. The standard InChI is InChI=1S/C36H50N8O5S/c1-7-25-22-29(32(47-5)23-30(25)43-14-12-27(13-15-43)42-18-16-41(4)17-19-42)39-36-37-24-26(8-2)35(40-36)38-28-10-11-31-34(49-21-20-48-31)33(28)44(9-3)50(6,45)46/h8,10-11,22-24,27H,2,7,9,12-21H2,1,3-6H3,(H2,37,38,39,40). The number of hydrogen-bond acceptors (Lipinski definition) is 12. The minimum absolute atomic E-state index is 0.196. The summed E-state index contributed by atoms with van der Waals surface area (Å²) in [6.07, 6.45) is 7.65. The monoisotopic (exact) mass is 706 g/mol. The molecule has 270 valence electrons. The van der Waals surface area contributed by atoms with E-state index in [0.717, 1.165) is 64.2 Å². The summed E-state index contributed by atoms with van der Waals surface area (Å²) < 4.78 is 44.7. The summed E-state index contributed by atoms with van der Waals surface area (Å²) in [6.45, 7) is 15.4. The fourth-order valence-electron chi connectivity index (χ4n) is 7.07. The van der Waals surface area contributed by atoms with Crippen molar-refractivity contribution < 1.29 is 22.6 Å². The van der Waals surface area contributed by atoms with E-state index >= 15 is 0 Å². The van der Waals surface area contributed by atoms with Gasteiger partial charge in [0.1, 0.15) is 30.5 Å². The molecule has 3 aromatic rings. The summed E-state index contributed by atoms with van der Waals surface area (Å²) in [5.74, 6) is 2.32. The molecule has 0 aliphatic carbocycles. The van der Waals surface area contributed by atoms with Gasteiger partial charge in [0.2, 0.25) is 16.0 Å². The highest BCUT2D eigenvalue weighted by molar-refractivity contribution is 7.92. The molecule has 3 aliphatic heterocycles. The number of piperazine rings is 1. The number of sulfonamides is 1. The minimum atomic E-state index is -3.65. The van der Waals surface area contributed by atoms with Gasteiger partial charge in [-0.2, -0.15) is 4.98 Å². The number of methoxy groups -OCH3 is 1. The Morgan fingerprint density at radius 1 is 1.04 bits per heavy atom. The zero-order valence-electron chi connectivity index (χ0n) is 29.9. The van der Waals surface area contributed by atoms with Gasteiger partial charge in [0.05, 0.1) is 24.7 Å². The first-order chi connectivity index (χ1) is 24.1. The summed E-state index contributed by atoms with van der Waals surface area (Å²) in [7, 11) is 0.236. The van der Waals surface area contributed by atoms with Gasteiger partial charge >= 0.3 is 0 Å². The lowest BCUT2D eigenvalue weighted by atomic mass is 9.99. The number of nitrogens with one attached hydrogen (secondary N) is 2. The van der Waals surface area contributed by atoms with Gasteiger partial charge in [-0.25, -0.2) is 13.4 Å². The molecule has 2 fully saturated rings. The van der Waals surface area contributed by atoms with Crippen LogP contribution in [-0.2, 0) is 16.4 Å². The largest absolute Gasteiger partial charge is 0.494 e. The molecule has 0 unspecified atom stereocenters. The lowest BCUT2D eigenvalue weighted by molar-refractivity contribution is 0.0982. The zero-order chi connectivity index (χ0) is 35.4. The third-order valence-corrected chi connectivity index (χ3v) is 11.0. The third-order valence-electron chi connectivity index (χ3n) is 9.80. The lowest BCUT2D eigenvalue weighted by Gasteiger charge is -2.43. The number of aryl methyl sites for hydroxylation is 1. The highest BCUT2D eigenvalue weighted by Gasteiger charge is 2.30. The average Bonchev–Trinajstić information content (AvgIpc) is 3.12. The van der Waals surface area contributed by atoms with Gasteiger partial charge in [-0.05, 0) is 57.0 Å². The summed E-state index contributed by atoms with van der Waals surface area (Å²) in [6, 6.07) is 8.42. The van der Waals surface area contributed by atoms with E-state index in [0.29, 0.717) is 65.2 Å². The summed E-state index contributed by atoms with van der Waals surface area (Å²) in [4.78, 5) is 17.0. The number of rotatable bonds is 12. The minimum Gasteiger partial charge on any atom is -0.494 e. The van der Waals surface area contributed by atoms with Gasteiger partial charge < -0.3 is 34.6 Å². The smallest absolute Gasteiger partial charge is 0.232 e. The van der Waals surface area contributed by atoms with Gasteiger partial charge in [0, 0.05) is 75.4 Å². The molecule has 14 heteroatoms. The molecule has 0 amide bonds. The van der Waals surface area contributed by atoms with Crippen LogP contribution in [0.4, 0.5) is 34.5 Å². The predicted octanol–water partition coefficient (Wildman–Crippen LogP) is 4.95. The van der Waals surface area contributed by atoms with Crippen LogP contribution in [0, 0.1) is 0 Å². The van der Waals surface area contributed by atoms with E-state index < -0.39 is 10.0 Å². The van der Waals surface area contributed by atoms with Crippen molar-refractivity contribution in [2.75, 3.05) is 99.3 Å². The van der Waals surface area contributed by atoms with Gasteiger partial charge in [-0.3, -0.25) is 9.21 Å². The Hall–Kier alpha value is -4.27. The van der Waals surface area contributed by atoms with E-state index in [1.807, 2.05) is 0 Å². The van der Waals surface area contributed by atoms with Crippen molar-refractivity contribution >= 4 is 50.6 Å². The Kier molecular flexibility index (Phi) is 10.9. The SMILES string of the molecule is C=Cc1cnc(Nc2cc(CC)c(N3CCC(N4CCN(C)CC4)CC3)cc2OC)nc1Nc1ccc2c(c1N(CC)S(C)(=O)=O)OCCO2. The Labute approximate surface area is 296 Å². The molecule has 0 radical (unpaired) electrons. The molecule has 6 rings (SSSR count). The molecule has 50 heavy (non-hydrogen) atoms. The fourth-order valence-corrected chi connectivity index (χ4v) is 8.06. The number of piperidine rings is 1. The maximum Gasteiger partial charge on any atom is 0.232 e. The summed E-state index contributed by atoms with van der Waals surface area (Å²) in [5.41, 5.74) is 4.65. The van der Waals surface area contributed by atoms with Crippen LogP contribution >= 0.6 is 0 Å². The van der Waals surface area contributed by atoms with Crippen molar-refractivity contribution in [3.63, 3.8) is 0 Å².